The lowest BCUT2D eigenvalue weighted by Gasteiger charge is -2.19. The average molecular weight is 236 g/mol. The van der Waals surface area contributed by atoms with Crippen molar-refractivity contribution >= 4 is 11.6 Å². The van der Waals surface area contributed by atoms with Gasteiger partial charge in [-0.3, -0.25) is 4.79 Å². The monoisotopic (exact) mass is 236 g/mol. The zero-order chi connectivity index (χ0) is 12.7. The van der Waals surface area contributed by atoms with Crippen molar-refractivity contribution in [2.75, 3.05) is 25.4 Å². The Morgan fingerprint density at radius 2 is 2.24 bits per heavy atom. The molecule has 17 heavy (non-hydrogen) atoms. The summed E-state index contributed by atoms with van der Waals surface area (Å²) in [6.07, 6.45) is 1.14. The molecule has 0 spiro atoms. The molecule has 0 aliphatic rings. The molecule has 0 aromatic heterocycles. The molecule has 94 valence electrons. The molecule has 1 aromatic rings. The Balaban J connectivity index is 2.47. The van der Waals surface area contributed by atoms with Crippen molar-refractivity contribution in [1.29, 1.82) is 0 Å². The number of carbonyl (C=O) groups is 1. The van der Waals surface area contributed by atoms with E-state index in [1.807, 2.05) is 31.2 Å². The standard InChI is InChI=1S/C13H20N2O2/c1-2-15(8-9-16)13(17)7-6-11-4-3-5-12(14)10-11/h3-5,10,16H,2,6-9,14H2,1H3. The number of likely N-dealkylation sites (N-methyl/N-ethyl adjacent to an activating group) is 1. The number of hydrogen-bond donors (Lipinski definition) is 2. The van der Waals surface area contributed by atoms with E-state index in [0.717, 1.165) is 11.3 Å². The number of anilines is 1. The molecule has 4 nitrogen and oxygen atoms in total. The van der Waals surface area contributed by atoms with Crippen LogP contribution in [0.5, 0.6) is 0 Å². The summed E-state index contributed by atoms with van der Waals surface area (Å²) in [6, 6.07) is 7.57. The highest BCUT2D eigenvalue weighted by molar-refractivity contribution is 5.76. The number of nitrogens with two attached hydrogens (primary N) is 1. The van der Waals surface area contributed by atoms with E-state index in [2.05, 4.69) is 0 Å². The molecule has 0 aliphatic carbocycles. The number of amides is 1. The molecule has 0 bridgehead atoms. The summed E-state index contributed by atoms with van der Waals surface area (Å²) in [6.45, 7) is 2.97. The Bertz CT molecular complexity index is 366. The summed E-state index contributed by atoms with van der Waals surface area (Å²) in [5, 5.41) is 8.83. The second kappa shape index (κ2) is 6.91. The Morgan fingerprint density at radius 1 is 1.47 bits per heavy atom. The van der Waals surface area contributed by atoms with E-state index in [9.17, 15) is 4.79 Å². The van der Waals surface area contributed by atoms with Crippen molar-refractivity contribution in [1.82, 2.24) is 4.90 Å². The van der Waals surface area contributed by atoms with E-state index in [4.69, 9.17) is 10.8 Å². The molecule has 0 unspecified atom stereocenters. The van der Waals surface area contributed by atoms with Crippen LogP contribution in [0.2, 0.25) is 0 Å². The minimum atomic E-state index is 0.0118. The first kappa shape index (κ1) is 13.5. The second-order valence-electron chi connectivity index (χ2n) is 3.94. The second-order valence-corrected chi connectivity index (χ2v) is 3.94. The highest BCUT2D eigenvalue weighted by Crippen LogP contribution is 2.09. The van der Waals surface area contributed by atoms with Gasteiger partial charge in [-0.1, -0.05) is 12.1 Å². The van der Waals surface area contributed by atoms with Gasteiger partial charge in [-0.05, 0) is 31.0 Å². The van der Waals surface area contributed by atoms with Crippen LogP contribution < -0.4 is 5.73 Å². The van der Waals surface area contributed by atoms with Crippen molar-refractivity contribution in [3.63, 3.8) is 0 Å². The maximum absolute atomic E-state index is 11.8. The Morgan fingerprint density at radius 3 is 2.82 bits per heavy atom. The fraction of sp³-hybridized carbons (Fsp3) is 0.462. The fourth-order valence-electron chi connectivity index (χ4n) is 1.74. The molecule has 0 saturated heterocycles. The first-order chi connectivity index (χ1) is 8.17. The number of aliphatic hydroxyl groups is 1. The van der Waals surface area contributed by atoms with Gasteiger partial charge < -0.3 is 15.7 Å². The summed E-state index contributed by atoms with van der Waals surface area (Å²) in [4.78, 5) is 13.5. The highest BCUT2D eigenvalue weighted by atomic mass is 16.3. The van der Waals surface area contributed by atoms with E-state index < -0.39 is 0 Å². The SMILES string of the molecule is CCN(CCO)C(=O)CCc1cccc(N)c1. The number of nitrogen functional groups attached to an aromatic ring is 1. The third-order valence-electron chi connectivity index (χ3n) is 2.68. The molecule has 3 N–H and O–H groups in total. The van der Waals surface area contributed by atoms with Gasteiger partial charge in [-0.25, -0.2) is 0 Å². The lowest BCUT2D eigenvalue weighted by molar-refractivity contribution is -0.131. The number of benzene rings is 1. The Kier molecular flexibility index (Phi) is 5.49. The van der Waals surface area contributed by atoms with Gasteiger partial charge in [0.25, 0.3) is 0 Å². The number of nitrogens with zero attached hydrogens (tertiary/aromatic N) is 1. The van der Waals surface area contributed by atoms with Gasteiger partial charge in [0.1, 0.15) is 0 Å². The first-order valence-corrected chi connectivity index (χ1v) is 5.90. The zero-order valence-electron chi connectivity index (χ0n) is 10.2. The first-order valence-electron chi connectivity index (χ1n) is 5.90. The lowest BCUT2D eigenvalue weighted by Crippen LogP contribution is -2.33. The number of rotatable bonds is 6. The van der Waals surface area contributed by atoms with Gasteiger partial charge in [-0.2, -0.15) is 0 Å². The van der Waals surface area contributed by atoms with Gasteiger partial charge in [0, 0.05) is 25.2 Å². The molecule has 4 heteroatoms. The van der Waals surface area contributed by atoms with Crippen molar-refractivity contribution in [2.24, 2.45) is 0 Å². The van der Waals surface area contributed by atoms with E-state index in [-0.39, 0.29) is 12.5 Å². The van der Waals surface area contributed by atoms with Crippen LogP contribution in [-0.2, 0) is 11.2 Å². The van der Waals surface area contributed by atoms with Crippen LogP contribution in [0, 0.1) is 0 Å². The maximum Gasteiger partial charge on any atom is 0.222 e. The van der Waals surface area contributed by atoms with Crippen LogP contribution in [-0.4, -0.2) is 35.6 Å². The van der Waals surface area contributed by atoms with Crippen molar-refractivity contribution in [2.45, 2.75) is 19.8 Å². The van der Waals surface area contributed by atoms with Crippen molar-refractivity contribution in [3.8, 4) is 0 Å². The smallest absolute Gasteiger partial charge is 0.222 e. The van der Waals surface area contributed by atoms with Crippen LogP contribution in [0.3, 0.4) is 0 Å². The molecule has 0 atom stereocenters. The summed E-state index contributed by atoms with van der Waals surface area (Å²) in [5.74, 6) is 0.0731. The van der Waals surface area contributed by atoms with Gasteiger partial charge in [0.2, 0.25) is 5.91 Å². The number of hydrogen-bond acceptors (Lipinski definition) is 3. The minimum Gasteiger partial charge on any atom is -0.399 e. The third kappa shape index (κ3) is 4.44. The number of aliphatic hydroxyl groups excluding tert-OH is 1. The van der Waals surface area contributed by atoms with Crippen LogP contribution >= 0.6 is 0 Å². The molecule has 1 rings (SSSR count). The van der Waals surface area contributed by atoms with Gasteiger partial charge >= 0.3 is 0 Å². The molecule has 0 radical (unpaired) electrons. The quantitative estimate of drug-likeness (QED) is 0.725. The van der Waals surface area contributed by atoms with E-state index in [1.54, 1.807) is 4.90 Å². The summed E-state index contributed by atoms with van der Waals surface area (Å²) in [5.41, 5.74) is 7.46. The molecule has 1 amide bonds. The predicted octanol–water partition coefficient (Wildman–Crippen LogP) is 1.04. The van der Waals surface area contributed by atoms with Crippen molar-refractivity contribution < 1.29 is 9.90 Å². The maximum atomic E-state index is 11.8. The minimum absolute atomic E-state index is 0.0118. The van der Waals surface area contributed by atoms with Gasteiger partial charge in [0.05, 0.1) is 6.61 Å². The highest BCUT2D eigenvalue weighted by Gasteiger charge is 2.10. The van der Waals surface area contributed by atoms with Gasteiger partial charge in [0.15, 0.2) is 0 Å². The van der Waals surface area contributed by atoms with Crippen LogP contribution in [0.25, 0.3) is 0 Å². The van der Waals surface area contributed by atoms with E-state index in [0.29, 0.717) is 25.9 Å². The third-order valence-corrected chi connectivity index (χ3v) is 2.68. The zero-order valence-corrected chi connectivity index (χ0v) is 10.2. The van der Waals surface area contributed by atoms with E-state index >= 15 is 0 Å². The molecule has 0 aliphatic heterocycles. The van der Waals surface area contributed by atoms with E-state index in [1.165, 1.54) is 0 Å². The summed E-state index contributed by atoms with van der Waals surface area (Å²) < 4.78 is 0. The summed E-state index contributed by atoms with van der Waals surface area (Å²) >= 11 is 0. The van der Waals surface area contributed by atoms with Crippen LogP contribution in [0.1, 0.15) is 18.9 Å². The molecular weight excluding hydrogens is 216 g/mol. The van der Waals surface area contributed by atoms with Gasteiger partial charge in [-0.15, -0.1) is 0 Å². The lowest BCUT2D eigenvalue weighted by atomic mass is 10.1. The molecule has 1 aromatic carbocycles. The predicted molar refractivity (Wildman–Crippen MR) is 68.5 cm³/mol. The molecule has 0 heterocycles. The Labute approximate surface area is 102 Å². The summed E-state index contributed by atoms with van der Waals surface area (Å²) in [7, 11) is 0. The molecule has 0 fully saturated rings. The average Bonchev–Trinajstić information content (AvgIpc) is 2.33. The normalized spacial score (nSPS) is 10.2. The number of aryl methyl sites for hydroxylation is 1. The number of carbonyl (C=O) groups excluding carboxylic acids is 1. The molecular formula is C13H20N2O2. The fourth-order valence-corrected chi connectivity index (χ4v) is 1.74. The largest absolute Gasteiger partial charge is 0.399 e. The Hall–Kier alpha value is -1.55. The molecule has 0 saturated carbocycles. The van der Waals surface area contributed by atoms with Crippen LogP contribution in [0.4, 0.5) is 5.69 Å². The van der Waals surface area contributed by atoms with Crippen LogP contribution in [0.15, 0.2) is 24.3 Å². The van der Waals surface area contributed by atoms with Crippen molar-refractivity contribution in [3.05, 3.63) is 29.8 Å². The topological polar surface area (TPSA) is 66.6 Å².